The summed E-state index contributed by atoms with van der Waals surface area (Å²) in [5, 5.41) is 15.5. The minimum atomic E-state index is -0.440. The normalized spacial score (nSPS) is 16.6. The number of aliphatic imine (C=N–C) groups is 1. The van der Waals surface area contributed by atoms with Gasteiger partial charge >= 0.3 is 0 Å². The number of carbonyl (C=O) groups excluding carboxylic acids is 1. The van der Waals surface area contributed by atoms with Crippen LogP contribution in [0.4, 0.5) is 0 Å². The Hall–Kier alpha value is -3.91. The Bertz CT molecular complexity index is 1380. The smallest absolute Gasteiger partial charge is 0.283 e. The molecule has 0 saturated heterocycles. The molecular formula is C26H23N5O2S. The molecule has 34 heavy (non-hydrogen) atoms. The molecule has 8 heteroatoms. The number of para-hydroxylation sites is 1. The molecule has 1 amide bonds. The first kappa shape index (κ1) is 21.9. The first-order valence-electron chi connectivity index (χ1n) is 10.8. The number of aryl methyl sites for hydroxylation is 2. The Labute approximate surface area is 202 Å². The van der Waals surface area contributed by atoms with Gasteiger partial charge in [-0.1, -0.05) is 35.9 Å². The molecule has 0 radical (unpaired) electrons. The fourth-order valence-electron chi connectivity index (χ4n) is 3.93. The highest BCUT2D eigenvalue weighted by Crippen LogP contribution is 2.30. The van der Waals surface area contributed by atoms with Crippen LogP contribution in [-0.2, 0) is 4.79 Å². The van der Waals surface area contributed by atoms with Gasteiger partial charge in [-0.25, -0.2) is 0 Å². The number of hydrogen-bond donors (Lipinski definition) is 1. The lowest BCUT2D eigenvalue weighted by atomic mass is 10.1. The van der Waals surface area contributed by atoms with Crippen LogP contribution in [0.2, 0.25) is 0 Å². The van der Waals surface area contributed by atoms with E-state index in [9.17, 15) is 4.79 Å². The van der Waals surface area contributed by atoms with Crippen molar-refractivity contribution < 1.29 is 9.53 Å². The first-order chi connectivity index (χ1) is 16.4. The molecule has 0 saturated carbocycles. The van der Waals surface area contributed by atoms with Gasteiger partial charge in [-0.05, 0) is 74.5 Å². The maximum atomic E-state index is 12.8. The number of nitrogens with one attached hydrogen (secondary N) is 1. The summed E-state index contributed by atoms with van der Waals surface area (Å²) >= 11 is 1.25. The second kappa shape index (κ2) is 8.79. The van der Waals surface area contributed by atoms with Crippen molar-refractivity contribution in [3.05, 3.63) is 88.8 Å². The molecule has 0 bridgehead atoms. The van der Waals surface area contributed by atoms with Crippen LogP contribution < -0.4 is 4.74 Å². The molecule has 0 atom stereocenters. The summed E-state index contributed by atoms with van der Waals surface area (Å²) in [5.41, 5.74) is 5.36. The summed E-state index contributed by atoms with van der Waals surface area (Å²) in [6.07, 6.45) is 1.73. The average molecular weight is 470 g/mol. The molecule has 7 nitrogen and oxygen atoms in total. The second-order valence-corrected chi connectivity index (χ2v) is 9.15. The van der Waals surface area contributed by atoms with E-state index in [0.29, 0.717) is 10.2 Å². The Morgan fingerprint density at radius 1 is 1.06 bits per heavy atom. The quantitative estimate of drug-likeness (QED) is 0.527. The molecule has 0 spiro atoms. The summed E-state index contributed by atoms with van der Waals surface area (Å²) in [6, 6.07) is 19.8. The average Bonchev–Trinajstić information content (AvgIpc) is 3.36. The van der Waals surface area contributed by atoms with E-state index >= 15 is 0 Å². The molecule has 2 aliphatic heterocycles. The lowest BCUT2D eigenvalue weighted by Gasteiger charge is -2.20. The van der Waals surface area contributed by atoms with Gasteiger partial charge in [-0.2, -0.15) is 15.1 Å². The highest BCUT2D eigenvalue weighted by molar-refractivity contribution is 8.27. The molecule has 1 N–H and O–H groups in total. The molecule has 3 aromatic rings. The van der Waals surface area contributed by atoms with Crippen molar-refractivity contribution in [1.29, 1.82) is 5.41 Å². The van der Waals surface area contributed by atoms with Crippen LogP contribution in [0, 0.1) is 26.2 Å². The van der Waals surface area contributed by atoms with Gasteiger partial charge in [0.05, 0.1) is 5.57 Å². The van der Waals surface area contributed by atoms with Gasteiger partial charge in [-0.3, -0.25) is 10.2 Å². The third-order valence-corrected chi connectivity index (χ3v) is 6.55. The van der Waals surface area contributed by atoms with Crippen LogP contribution in [0.1, 0.15) is 22.5 Å². The van der Waals surface area contributed by atoms with E-state index in [4.69, 9.17) is 10.1 Å². The van der Waals surface area contributed by atoms with Crippen LogP contribution in [-0.4, -0.2) is 38.1 Å². The predicted octanol–water partition coefficient (Wildman–Crippen LogP) is 5.10. The SMILES string of the molecule is Cc1ccc(-n2c(C)cc(C=C3C(=N)N4N=C(COc5ccccc5)SC4=NC3=O)c2C)cc1. The minimum absolute atomic E-state index is 0.0114. The number of aromatic nitrogens is 1. The van der Waals surface area contributed by atoms with Crippen molar-refractivity contribution in [2.45, 2.75) is 20.8 Å². The van der Waals surface area contributed by atoms with Gasteiger partial charge in [-0.15, -0.1) is 0 Å². The lowest BCUT2D eigenvalue weighted by Crippen LogP contribution is -2.35. The Morgan fingerprint density at radius 3 is 2.53 bits per heavy atom. The molecule has 2 aromatic carbocycles. The molecule has 170 valence electrons. The number of amidine groups is 2. The van der Waals surface area contributed by atoms with E-state index in [1.165, 1.54) is 22.3 Å². The number of thioether (sulfide) groups is 1. The number of ether oxygens (including phenoxy) is 1. The van der Waals surface area contributed by atoms with E-state index in [1.54, 1.807) is 6.08 Å². The van der Waals surface area contributed by atoms with E-state index in [2.05, 4.69) is 45.9 Å². The summed E-state index contributed by atoms with van der Waals surface area (Å²) in [4.78, 5) is 17.0. The summed E-state index contributed by atoms with van der Waals surface area (Å²) in [6.45, 7) is 6.33. The Kier molecular flexibility index (Phi) is 5.67. The molecule has 3 heterocycles. The van der Waals surface area contributed by atoms with Crippen molar-refractivity contribution in [2.24, 2.45) is 10.1 Å². The Balaban J connectivity index is 1.41. The van der Waals surface area contributed by atoms with E-state index in [0.717, 1.165) is 28.4 Å². The maximum Gasteiger partial charge on any atom is 0.283 e. The highest BCUT2D eigenvalue weighted by Gasteiger charge is 2.36. The van der Waals surface area contributed by atoms with Crippen molar-refractivity contribution >= 4 is 39.8 Å². The van der Waals surface area contributed by atoms with E-state index in [-0.39, 0.29) is 18.0 Å². The molecule has 0 fully saturated rings. The van der Waals surface area contributed by atoms with Crippen LogP contribution in [0.15, 0.2) is 76.3 Å². The fourth-order valence-corrected chi connectivity index (χ4v) is 4.73. The van der Waals surface area contributed by atoms with Gasteiger partial charge in [0.1, 0.15) is 17.4 Å². The van der Waals surface area contributed by atoms with Crippen LogP contribution in [0.3, 0.4) is 0 Å². The predicted molar refractivity (Wildman–Crippen MR) is 137 cm³/mol. The largest absolute Gasteiger partial charge is 0.487 e. The molecule has 0 aliphatic carbocycles. The lowest BCUT2D eigenvalue weighted by molar-refractivity contribution is -0.114. The summed E-state index contributed by atoms with van der Waals surface area (Å²) in [5.74, 6) is 0.301. The summed E-state index contributed by atoms with van der Waals surface area (Å²) in [7, 11) is 0. The van der Waals surface area contributed by atoms with Gasteiger partial charge in [0.2, 0.25) is 5.17 Å². The number of hydrogen-bond acceptors (Lipinski definition) is 5. The maximum absolute atomic E-state index is 12.8. The zero-order chi connectivity index (χ0) is 23.8. The second-order valence-electron chi connectivity index (χ2n) is 8.11. The number of carbonyl (C=O) groups is 1. The number of hydrazone groups is 1. The monoisotopic (exact) mass is 469 g/mol. The number of fused-ring (bicyclic) bond motifs is 1. The zero-order valence-corrected chi connectivity index (χ0v) is 19.9. The van der Waals surface area contributed by atoms with Crippen LogP contribution in [0.5, 0.6) is 5.75 Å². The number of benzene rings is 2. The topological polar surface area (TPSA) is 83.0 Å². The van der Waals surface area contributed by atoms with Crippen LogP contribution >= 0.6 is 11.8 Å². The fraction of sp³-hybridized carbons (Fsp3) is 0.154. The van der Waals surface area contributed by atoms with Crippen molar-refractivity contribution in [3.8, 4) is 11.4 Å². The first-order valence-corrected chi connectivity index (χ1v) is 11.7. The zero-order valence-electron chi connectivity index (χ0n) is 19.1. The highest BCUT2D eigenvalue weighted by atomic mass is 32.2. The molecule has 0 unspecified atom stereocenters. The number of amides is 1. The van der Waals surface area contributed by atoms with Gasteiger partial charge in [0, 0.05) is 17.1 Å². The van der Waals surface area contributed by atoms with Crippen LogP contribution in [0.25, 0.3) is 11.8 Å². The standard InChI is InChI=1S/C26H23N5O2S/c1-16-9-11-20(12-10-16)30-17(2)13-19(18(30)3)14-22-24(27)31-26(28-25(22)32)34-23(29-31)15-33-21-7-5-4-6-8-21/h4-14,27H,15H2,1-3H3. The van der Waals surface area contributed by atoms with Gasteiger partial charge in [0.25, 0.3) is 5.91 Å². The number of nitrogens with zero attached hydrogens (tertiary/aromatic N) is 4. The van der Waals surface area contributed by atoms with Crippen molar-refractivity contribution in [3.63, 3.8) is 0 Å². The molecular weight excluding hydrogens is 446 g/mol. The minimum Gasteiger partial charge on any atom is -0.487 e. The molecule has 5 rings (SSSR count). The summed E-state index contributed by atoms with van der Waals surface area (Å²) < 4.78 is 7.89. The van der Waals surface area contributed by atoms with Gasteiger partial charge < -0.3 is 9.30 Å². The number of rotatable bonds is 5. The van der Waals surface area contributed by atoms with E-state index in [1.807, 2.05) is 50.2 Å². The van der Waals surface area contributed by atoms with Crippen molar-refractivity contribution in [1.82, 2.24) is 9.58 Å². The molecule has 1 aromatic heterocycles. The third-order valence-electron chi connectivity index (χ3n) is 5.66. The van der Waals surface area contributed by atoms with Crippen molar-refractivity contribution in [2.75, 3.05) is 6.61 Å². The van der Waals surface area contributed by atoms with E-state index < -0.39 is 5.91 Å². The third kappa shape index (κ3) is 4.08. The van der Waals surface area contributed by atoms with Gasteiger partial charge in [0.15, 0.2) is 5.84 Å². The Morgan fingerprint density at radius 2 is 1.79 bits per heavy atom. The molecule has 2 aliphatic rings.